The van der Waals surface area contributed by atoms with E-state index in [4.69, 9.17) is 4.74 Å². The van der Waals surface area contributed by atoms with Gasteiger partial charge in [-0.1, -0.05) is 0 Å². The van der Waals surface area contributed by atoms with E-state index in [1.54, 1.807) is 0 Å². The van der Waals surface area contributed by atoms with Crippen molar-refractivity contribution in [3.05, 3.63) is 68.3 Å². The lowest BCUT2D eigenvalue weighted by molar-refractivity contribution is -0.112. The number of carbonyl (C=O) groups is 1. The summed E-state index contributed by atoms with van der Waals surface area (Å²) in [6.07, 6.45) is 2.76. The van der Waals surface area contributed by atoms with Crippen LogP contribution in [0.25, 0.3) is 10.6 Å². The maximum atomic E-state index is 14.0. The summed E-state index contributed by atoms with van der Waals surface area (Å²) in [6, 6.07) is 1.11. The van der Waals surface area contributed by atoms with Gasteiger partial charge >= 0.3 is 0 Å². The Hall–Kier alpha value is -3.18. The van der Waals surface area contributed by atoms with Gasteiger partial charge < -0.3 is 19.3 Å². The minimum absolute atomic E-state index is 0.0534. The molecule has 3 aromatic rings. The number of hydrogen-bond acceptors (Lipinski definition) is 6. The van der Waals surface area contributed by atoms with Gasteiger partial charge in [0.05, 0.1) is 18.7 Å². The van der Waals surface area contributed by atoms with Gasteiger partial charge in [0.15, 0.2) is 17.7 Å². The van der Waals surface area contributed by atoms with Crippen molar-refractivity contribution in [1.29, 1.82) is 0 Å². The number of hydrogen-bond donors (Lipinski definition) is 1. The number of carbonyl (C=O) groups excluding carboxylic acids is 1. The summed E-state index contributed by atoms with van der Waals surface area (Å²) < 4.78 is 48.4. The van der Waals surface area contributed by atoms with Crippen LogP contribution in [0.15, 0.2) is 29.3 Å². The number of rotatable bonds is 3. The average Bonchev–Trinajstić information content (AvgIpc) is 3.21. The second-order valence-corrected chi connectivity index (χ2v) is 9.17. The molecule has 0 unspecified atom stereocenters. The van der Waals surface area contributed by atoms with Crippen LogP contribution in [-0.2, 0) is 17.7 Å². The Morgan fingerprint density at radius 2 is 1.97 bits per heavy atom. The number of aromatic hydroxyl groups is 1. The zero-order chi connectivity index (χ0) is 23.4. The van der Waals surface area contributed by atoms with Gasteiger partial charge in [-0.2, -0.15) is 0 Å². The fourth-order valence-electron chi connectivity index (χ4n) is 4.24. The van der Waals surface area contributed by atoms with Crippen molar-refractivity contribution < 1.29 is 27.8 Å². The third-order valence-corrected chi connectivity index (χ3v) is 6.95. The van der Waals surface area contributed by atoms with E-state index >= 15 is 0 Å². The zero-order valence-electron chi connectivity index (χ0n) is 17.3. The van der Waals surface area contributed by atoms with Gasteiger partial charge in [0.2, 0.25) is 5.43 Å². The molecule has 4 heterocycles. The number of thiazole rings is 1. The first-order valence-electron chi connectivity index (χ1n) is 10.2. The van der Waals surface area contributed by atoms with Crippen molar-refractivity contribution >= 4 is 17.2 Å². The molecule has 2 aliphatic rings. The van der Waals surface area contributed by atoms with Gasteiger partial charge in [0, 0.05) is 47.4 Å². The van der Waals surface area contributed by atoms with Crippen molar-refractivity contribution in [2.75, 3.05) is 6.61 Å². The molecule has 0 bridgehead atoms. The Morgan fingerprint density at radius 1 is 1.24 bits per heavy atom. The van der Waals surface area contributed by atoms with E-state index in [9.17, 15) is 27.9 Å². The number of halogens is 3. The van der Waals surface area contributed by atoms with Crippen LogP contribution < -0.4 is 5.43 Å². The molecule has 1 amide bonds. The molecular formula is C22H18F3N3O4S. The number of ether oxygens (including phenoxy) is 1. The van der Waals surface area contributed by atoms with E-state index < -0.39 is 40.8 Å². The summed E-state index contributed by atoms with van der Waals surface area (Å²) in [7, 11) is 0. The highest BCUT2D eigenvalue weighted by atomic mass is 32.1. The van der Waals surface area contributed by atoms with Crippen LogP contribution in [0.5, 0.6) is 5.75 Å². The van der Waals surface area contributed by atoms with Gasteiger partial charge in [0.25, 0.3) is 5.91 Å². The molecule has 1 fully saturated rings. The number of benzene rings is 1. The lowest BCUT2D eigenvalue weighted by Crippen LogP contribution is -2.56. The first-order chi connectivity index (χ1) is 15.7. The summed E-state index contributed by atoms with van der Waals surface area (Å²) in [5, 5.41) is 10.8. The molecule has 5 rings (SSSR count). The summed E-state index contributed by atoms with van der Waals surface area (Å²) in [4.78, 5) is 32.0. The van der Waals surface area contributed by atoms with Crippen LogP contribution in [0, 0.1) is 17.5 Å². The van der Waals surface area contributed by atoms with Crippen LogP contribution >= 0.6 is 11.3 Å². The predicted octanol–water partition coefficient (Wildman–Crippen LogP) is 3.28. The molecule has 7 nitrogen and oxygen atoms in total. The highest BCUT2D eigenvalue weighted by Gasteiger charge is 2.40. The normalized spacial score (nSPS) is 20.0. The van der Waals surface area contributed by atoms with E-state index in [2.05, 4.69) is 4.98 Å². The van der Waals surface area contributed by atoms with Crippen molar-refractivity contribution in [2.45, 2.75) is 38.6 Å². The van der Waals surface area contributed by atoms with Gasteiger partial charge in [-0.15, -0.1) is 11.3 Å². The Kier molecular flexibility index (Phi) is 5.25. The largest absolute Gasteiger partial charge is 0.503 e. The SMILES string of the molecule is C[C@@H]1CCO[C@H]2Cn3cc(-c4ncc(Cc5c(F)cc(F)cc5F)s4)c(=O)c(O)c3C(=O)N12. The molecule has 0 radical (unpaired) electrons. The Morgan fingerprint density at radius 3 is 2.70 bits per heavy atom. The highest BCUT2D eigenvalue weighted by Crippen LogP contribution is 2.32. The third-order valence-electron chi connectivity index (χ3n) is 5.92. The third kappa shape index (κ3) is 3.61. The van der Waals surface area contributed by atoms with Gasteiger partial charge in [-0.25, -0.2) is 18.2 Å². The van der Waals surface area contributed by atoms with E-state index in [0.29, 0.717) is 30.0 Å². The van der Waals surface area contributed by atoms with E-state index in [1.165, 1.54) is 21.9 Å². The molecule has 0 saturated carbocycles. The topological polar surface area (TPSA) is 84.7 Å². The maximum Gasteiger partial charge on any atom is 0.276 e. The zero-order valence-corrected chi connectivity index (χ0v) is 18.2. The number of fused-ring (bicyclic) bond motifs is 2. The van der Waals surface area contributed by atoms with Crippen molar-refractivity contribution in [2.24, 2.45) is 0 Å². The van der Waals surface area contributed by atoms with Crippen LogP contribution in [0.3, 0.4) is 0 Å². The van der Waals surface area contributed by atoms with Crippen molar-refractivity contribution in [1.82, 2.24) is 14.5 Å². The Labute approximate surface area is 189 Å². The van der Waals surface area contributed by atoms with Crippen LogP contribution in [0.4, 0.5) is 13.2 Å². The van der Waals surface area contributed by atoms with Crippen LogP contribution in [0.1, 0.15) is 34.3 Å². The van der Waals surface area contributed by atoms with E-state index in [1.807, 2.05) is 6.92 Å². The minimum atomic E-state index is -1.02. The fourth-order valence-corrected chi connectivity index (χ4v) is 5.17. The number of aromatic nitrogens is 2. The summed E-state index contributed by atoms with van der Waals surface area (Å²) in [6.45, 7) is 2.61. The summed E-state index contributed by atoms with van der Waals surface area (Å²) in [5.74, 6) is -4.21. The molecule has 1 N–H and O–H groups in total. The van der Waals surface area contributed by atoms with Gasteiger partial charge in [-0.3, -0.25) is 9.59 Å². The van der Waals surface area contributed by atoms with E-state index in [-0.39, 0.29) is 40.8 Å². The molecule has 2 atom stereocenters. The molecule has 1 aromatic carbocycles. The number of pyridine rings is 1. The Bertz CT molecular complexity index is 1320. The minimum Gasteiger partial charge on any atom is -0.503 e. The maximum absolute atomic E-state index is 14.0. The molecule has 0 spiro atoms. The molecule has 33 heavy (non-hydrogen) atoms. The first-order valence-corrected chi connectivity index (χ1v) is 11.1. The van der Waals surface area contributed by atoms with Gasteiger partial charge in [-0.05, 0) is 13.3 Å². The highest BCUT2D eigenvalue weighted by molar-refractivity contribution is 7.15. The number of amides is 1. The average molecular weight is 477 g/mol. The molecule has 2 aliphatic heterocycles. The van der Waals surface area contributed by atoms with Crippen LogP contribution in [-0.4, -0.2) is 44.3 Å². The quantitative estimate of drug-likeness (QED) is 0.626. The smallest absolute Gasteiger partial charge is 0.276 e. The second kappa shape index (κ2) is 7.99. The monoisotopic (exact) mass is 477 g/mol. The van der Waals surface area contributed by atoms with Crippen LogP contribution in [0.2, 0.25) is 0 Å². The second-order valence-electron chi connectivity index (χ2n) is 8.05. The first kappa shape index (κ1) is 21.7. The van der Waals surface area contributed by atoms with Crippen molar-refractivity contribution in [3.8, 4) is 16.3 Å². The Balaban J connectivity index is 1.51. The number of nitrogens with zero attached hydrogens (tertiary/aromatic N) is 3. The molecule has 1 saturated heterocycles. The lowest BCUT2D eigenvalue weighted by Gasteiger charge is -2.44. The lowest BCUT2D eigenvalue weighted by atomic mass is 10.1. The molecular weight excluding hydrogens is 459 g/mol. The van der Waals surface area contributed by atoms with E-state index in [0.717, 1.165) is 11.3 Å². The molecule has 172 valence electrons. The fraction of sp³-hybridized carbons (Fsp3) is 0.318. The standard InChI is InChI=1S/C22H18F3N3O4S/c1-10-2-3-32-17-9-27-8-14(19(29)20(30)18(27)22(31)28(10)17)21-26-7-12(33-21)6-13-15(24)4-11(23)5-16(13)25/h4-5,7-8,10,17,30H,2-3,6,9H2,1H3/t10-,17+/m1/s1. The molecule has 2 aromatic heterocycles. The summed E-state index contributed by atoms with van der Waals surface area (Å²) in [5.41, 5.74) is -1.13. The summed E-state index contributed by atoms with van der Waals surface area (Å²) >= 11 is 1.01. The molecule has 11 heteroatoms. The predicted molar refractivity (Wildman–Crippen MR) is 113 cm³/mol. The van der Waals surface area contributed by atoms with Gasteiger partial charge in [0.1, 0.15) is 22.5 Å². The molecule has 0 aliphatic carbocycles. The van der Waals surface area contributed by atoms with Crippen molar-refractivity contribution in [3.63, 3.8) is 0 Å².